The van der Waals surface area contributed by atoms with Gasteiger partial charge in [-0.1, -0.05) is 57.0 Å². The molecule has 0 bridgehead atoms. The number of rotatable bonds is 6. The van der Waals surface area contributed by atoms with Gasteiger partial charge in [-0.2, -0.15) is 0 Å². The van der Waals surface area contributed by atoms with E-state index in [-0.39, 0.29) is 0 Å². The first-order valence-corrected chi connectivity index (χ1v) is 7.78. The zero-order chi connectivity index (χ0) is 13.7. The minimum Gasteiger partial charge on any atom is -0.0654 e. The van der Waals surface area contributed by atoms with Crippen molar-refractivity contribution >= 4 is 10.8 Å². The predicted molar refractivity (Wildman–Crippen MR) is 85.9 cm³/mol. The maximum atomic E-state index is 2.43. The molecule has 0 saturated heterocycles. The summed E-state index contributed by atoms with van der Waals surface area (Å²) in [5.74, 6) is 0. The van der Waals surface area contributed by atoms with Crippen molar-refractivity contribution in [1.29, 1.82) is 0 Å². The fourth-order valence-electron chi connectivity index (χ4n) is 2.93. The quantitative estimate of drug-likeness (QED) is 0.608. The molecule has 2 aromatic rings. The molecule has 0 aliphatic heterocycles. The monoisotopic (exact) mass is 254 g/mol. The van der Waals surface area contributed by atoms with Gasteiger partial charge >= 0.3 is 0 Å². The smallest absolute Gasteiger partial charge is 0.0152 e. The lowest BCUT2D eigenvalue weighted by atomic mass is 9.89. The molecule has 0 fully saturated rings. The van der Waals surface area contributed by atoms with Crippen molar-refractivity contribution < 1.29 is 0 Å². The molecule has 0 aliphatic carbocycles. The van der Waals surface area contributed by atoms with Crippen LogP contribution in [0.25, 0.3) is 10.8 Å². The third kappa shape index (κ3) is 3.18. The Morgan fingerprint density at radius 3 is 2.32 bits per heavy atom. The molecule has 102 valence electrons. The lowest BCUT2D eigenvalue weighted by molar-refractivity contribution is 0.756. The molecule has 0 saturated carbocycles. The number of benzene rings is 2. The number of aryl methyl sites for hydroxylation is 2. The third-order valence-electron chi connectivity index (χ3n) is 4.11. The number of hydrogen-bond acceptors (Lipinski definition) is 0. The Hall–Kier alpha value is -1.30. The summed E-state index contributed by atoms with van der Waals surface area (Å²) >= 11 is 0. The van der Waals surface area contributed by atoms with Crippen LogP contribution in [0.1, 0.15) is 56.2 Å². The van der Waals surface area contributed by atoms with Gasteiger partial charge in [0.25, 0.3) is 0 Å². The minimum absolute atomic E-state index is 1.24. The first kappa shape index (κ1) is 14.1. The van der Waals surface area contributed by atoms with E-state index in [2.05, 4.69) is 51.1 Å². The van der Waals surface area contributed by atoms with E-state index in [1.807, 2.05) is 0 Å². The number of unbranched alkanes of at least 4 members (excludes halogenated alkanes) is 2. The Balaban J connectivity index is 2.48. The highest BCUT2D eigenvalue weighted by molar-refractivity contribution is 5.87. The molecular formula is C19H26. The van der Waals surface area contributed by atoms with Gasteiger partial charge in [0.2, 0.25) is 0 Å². The van der Waals surface area contributed by atoms with E-state index in [0.717, 1.165) is 0 Å². The third-order valence-corrected chi connectivity index (χ3v) is 4.11. The second-order valence-corrected chi connectivity index (χ2v) is 5.57. The molecule has 0 amide bonds. The summed E-state index contributed by atoms with van der Waals surface area (Å²) in [6, 6.07) is 11.3. The van der Waals surface area contributed by atoms with Crippen LogP contribution in [0, 0.1) is 6.92 Å². The molecule has 0 aromatic heterocycles. The molecule has 0 heterocycles. The lowest BCUT2D eigenvalue weighted by Crippen LogP contribution is -1.99. The molecule has 2 aromatic carbocycles. The van der Waals surface area contributed by atoms with Gasteiger partial charge in [-0.3, -0.25) is 0 Å². The highest BCUT2D eigenvalue weighted by Crippen LogP contribution is 2.28. The van der Waals surface area contributed by atoms with Crippen LogP contribution in [0.3, 0.4) is 0 Å². The van der Waals surface area contributed by atoms with Gasteiger partial charge in [-0.25, -0.2) is 0 Å². The van der Waals surface area contributed by atoms with Crippen LogP contribution in [-0.2, 0) is 12.8 Å². The Morgan fingerprint density at radius 1 is 0.895 bits per heavy atom. The molecule has 0 nitrogen and oxygen atoms in total. The van der Waals surface area contributed by atoms with Crippen LogP contribution in [0.2, 0.25) is 0 Å². The molecule has 19 heavy (non-hydrogen) atoms. The van der Waals surface area contributed by atoms with Crippen molar-refractivity contribution in [3.8, 4) is 0 Å². The van der Waals surface area contributed by atoms with E-state index in [0.29, 0.717) is 0 Å². The van der Waals surface area contributed by atoms with E-state index in [9.17, 15) is 0 Å². The van der Waals surface area contributed by atoms with Crippen molar-refractivity contribution in [1.82, 2.24) is 0 Å². The highest BCUT2D eigenvalue weighted by atomic mass is 14.1. The topological polar surface area (TPSA) is 0 Å². The van der Waals surface area contributed by atoms with E-state index in [1.54, 1.807) is 11.1 Å². The van der Waals surface area contributed by atoms with Crippen LogP contribution in [0.4, 0.5) is 0 Å². The number of fused-ring (bicyclic) bond motifs is 1. The van der Waals surface area contributed by atoms with E-state index in [1.165, 1.54) is 54.9 Å². The fraction of sp³-hybridized carbons (Fsp3) is 0.474. The minimum atomic E-state index is 1.24. The van der Waals surface area contributed by atoms with E-state index >= 15 is 0 Å². The van der Waals surface area contributed by atoms with Gasteiger partial charge in [0, 0.05) is 0 Å². The van der Waals surface area contributed by atoms with Crippen molar-refractivity contribution in [3.63, 3.8) is 0 Å². The number of hydrogen-bond donors (Lipinski definition) is 0. The Morgan fingerprint density at radius 2 is 1.58 bits per heavy atom. The summed E-state index contributed by atoms with van der Waals surface area (Å²) in [6.45, 7) is 6.87. The average Bonchev–Trinajstić information content (AvgIpc) is 2.44. The van der Waals surface area contributed by atoms with Crippen LogP contribution in [0.15, 0.2) is 30.3 Å². The van der Waals surface area contributed by atoms with Gasteiger partial charge in [0.1, 0.15) is 0 Å². The standard InChI is InChI=1S/C19H26/c1-4-6-10-16-14-17-11-8-9-13-19(17)15(3)18(16)12-7-5-2/h8-9,11,13-14H,4-7,10,12H2,1-3H3. The predicted octanol–water partition coefficient (Wildman–Crippen LogP) is 5.83. The van der Waals surface area contributed by atoms with Gasteiger partial charge in [-0.05, 0) is 60.1 Å². The normalized spacial score (nSPS) is 11.1. The fourth-order valence-corrected chi connectivity index (χ4v) is 2.93. The Kier molecular flexibility index (Phi) is 5.01. The maximum Gasteiger partial charge on any atom is -0.0152 e. The summed E-state index contributed by atoms with van der Waals surface area (Å²) in [5.41, 5.74) is 4.72. The Bertz CT molecular complexity index is 537. The van der Waals surface area contributed by atoms with Crippen molar-refractivity contribution in [2.75, 3.05) is 0 Å². The van der Waals surface area contributed by atoms with E-state index in [4.69, 9.17) is 0 Å². The van der Waals surface area contributed by atoms with Gasteiger partial charge in [0.05, 0.1) is 0 Å². The molecule has 0 radical (unpaired) electrons. The van der Waals surface area contributed by atoms with Gasteiger partial charge in [-0.15, -0.1) is 0 Å². The molecule has 0 atom stereocenters. The SMILES string of the molecule is CCCCc1cc2ccccc2c(C)c1CCCC. The first-order valence-electron chi connectivity index (χ1n) is 7.78. The van der Waals surface area contributed by atoms with Gasteiger partial charge in [0.15, 0.2) is 0 Å². The first-order chi connectivity index (χ1) is 9.27. The summed E-state index contributed by atoms with van der Waals surface area (Å²) in [6.07, 6.45) is 7.64. The summed E-state index contributed by atoms with van der Waals surface area (Å²) in [4.78, 5) is 0. The zero-order valence-corrected chi connectivity index (χ0v) is 12.6. The second kappa shape index (κ2) is 6.75. The molecule has 0 spiro atoms. The van der Waals surface area contributed by atoms with Crippen molar-refractivity contribution in [2.24, 2.45) is 0 Å². The lowest BCUT2D eigenvalue weighted by Gasteiger charge is -2.15. The summed E-state index contributed by atoms with van der Waals surface area (Å²) < 4.78 is 0. The summed E-state index contributed by atoms with van der Waals surface area (Å²) in [7, 11) is 0. The van der Waals surface area contributed by atoms with Crippen LogP contribution < -0.4 is 0 Å². The maximum absolute atomic E-state index is 2.43. The average molecular weight is 254 g/mol. The largest absolute Gasteiger partial charge is 0.0654 e. The van der Waals surface area contributed by atoms with Crippen LogP contribution >= 0.6 is 0 Å². The second-order valence-electron chi connectivity index (χ2n) is 5.57. The molecule has 0 heteroatoms. The van der Waals surface area contributed by atoms with Crippen molar-refractivity contribution in [2.45, 2.75) is 59.3 Å². The van der Waals surface area contributed by atoms with Crippen LogP contribution in [-0.4, -0.2) is 0 Å². The molecule has 0 aliphatic rings. The van der Waals surface area contributed by atoms with Crippen molar-refractivity contribution in [3.05, 3.63) is 47.0 Å². The highest BCUT2D eigenvalue weighted by Gasteiger charge is 2.09. The molecule has 2 rings (SSSR count). The zero-order valence-electron chi connectivity index (χ0n) is 12.6. The van der Waals surface area contributed by atoms with E-state index < -0.39 is 0 Å². The Labute approximate surface area is 117 Å². The molecule has 0 N–H and O–H groups in total. The molecular weight excluding hydrogens is 228 g/mol. The van der Waals surface area contributed by atoms with Gasteiger partial charge < -0.3 is 0 Å². The van der Waals surface area contributed by atoms with Crippen LogP contribution in [0.5, 0.6) is 0 Å². The molecule has 0 unspecified atom stereocenters. The summed E-state index contributed by atoms with van der Waals surface area (Å²) in [5, 5.41) is 2.85.